The second-order valence-corrected chi connectivity index (χ2v) is 7.79. The third kappa shape index (κ3) is 3.84. The van der Waals surface area contributed by atoms with E-state index >= 15 is 0 Å². The Morgan fingerprint density at radius 2 is 1.96 bits per heavy atom. The molecular formula is C21H27ClN4O2. The summed E-state index contributed by atoms with van der Waals surface area (Å²) in [4.78, 5) is 23.6. The third-order valence-corrected chi connectivity index (χ3v) is 5.45. The summed E-state index contributed by atoms with van der Waals surface area (Å²) in [6.07, 6.45) is 4.53. The number of rotatable bonds is 4. The summed E-state index contributed by atoms with van der Waals surface area (Å²) in [7, 11) is 1.87. The van der Waals surface area contributed by atoms with Crippen molar-refractivity contribution in [2.75, 3.05) is 13.6 Å². The van der Waals surface area contributed by atoms with Crippen LogP contribution >= 0.6 is 12.4 Å². The number of likely N-dealkylation sites (N-methyl/N-ethyl adjacent to an activating group) is 1. The van der Waals surface area contributed by atoms with E-state index in [9.17, 15) is 4.79 Å². The van der Waals surface area contributed by atoms with Crippen LogP contribution in [0.2, 0.25) is 0 Å². The highest BCUT2D eigenvalue weighted by atomic mass is 35.5. The van der Waals surface area contributed by atoms with Crippen LogP contribution in [0.1, 0.15) is 45.0 Å². The number of carbonyl (C=O) groups excluding carboxylic acids is 1. The van der Waals surface area contributed by atoms with E-state index in [-0.39, 0.29) is 30.5 Å². The van der Waals surface area contributed by atoms with Gasteiger partial charge in [-0.2, -0.15) is 0 Å². The average Bonchev–Trinajstić information content (AvgIpc) is 3.22. The van der Waals surface area contributed by atoms with Gasteiger partial charge < -0.3 is 9.64 Å². The first kappa shape index (κ1) is 20.6. The molecule has 0 radical (unpaired) electrons. The van der Waals surface area contributed by atoms with E-state index in [1.165, 1.54) is 0 Å². The Morgan fingerprint density at radius 3 is 2.61 bits per heavy atom. The van der Waals surface area contributed by atoms with Gasteiger partial charge in [0.1, 0.15) is 17.1 Å². The summed E-state index contributed by atoms with van der Waals surface area (Å²) >= 11 is 0. The van der Waals surface area contributed by atoms with Gasteiger partial charge in [0.15, 0.2) is 0 Å². The van der Waals surface area contributed by atoms with Gasteiger partial charge in [-0.05, 0) is 63.4 Å². The molecule has 7 heteroatoms. The molecule has 2 aromatic rings. The van der Waals surface area contributed by atoms with Gasteiger partial charge in [-0.3, -0.25) is 10.1 Å². The quantitative estimate of drug-likeness (QED) is 0.849. The van der Waals surface area contributed by atoms with Crippen molar-refractivity contribution in [3.8, 4) is 17.0 Å². The predicted octanol–water partition coefficient (Wildman–Crippen LogP) is 3.38. The molecule has 1 N–H and O–H groups in total. The van der Waals surface area contributed by atoms with Crippen LogP contribution in [-0.4, -0.2) is 46.0 Å². The maximum Gasteiger partial charge on any atom is 0.242 e. The molecule has 3 heterocycles. The molecular weight excluding hydrogens is 376 g/mol. The molecule has 1 aromatic heterocycles. The molecule has 2 atom stereocenters. The minimum Gasteiger partial charge on any atom is -0.491 e. The monoisotopic (exact) mass is 402 g/mol. The molecule has 150 valence electrons. The van der Waals surface area contributed by atoms with Crippen molar-refractivity contribution in [2.45, 2.75) is 50.8 Å². The fourth-order valence-corrected chi connectivity index (χ4v) is 4.04. The number of nitrogens with one attached hydrogen (secondary N) is 1. The molecule has 1 spiro atoms. The van der Waals surface area contributed by atoms with Gasteiger partial charge in [-0.15, -0.1) is 12.4 Å². The summed E-state index contributed by atoms with van der Waals surface area (Å²) in [6.45, 7) is 4.84. The number of halogens is 1. The highest BCUT2D eigenvalue weighted by Gasteiger charge is 2.50. The van der Waals surface area contributed by atoms with Crippen LogP contribution in [-0.2, 0) is 4.79 Å². The first-order valence-corrected chi connectivity index (χ1v) is 9.60. The molecule has 1 aromatic carbocycles. The molecule has 2 aliphatic heterocycles. The normalized spacial score (nSPS) is 24.1. The highest BCUT2D eigenvalue weighted by Crippen LogP contribution is 2.38. The second kappa shape index (κ2) is 8.05. The van der Waals surface area contributed by atoms with Crippen molar-refractivity contribution >= 4 is 18.3 Å². The number of aromatic nitrogens is 2. The smallest absolute Gasteiger partial charge is 0.242 e. The van der Waals surface area contributed by atoms with Crippen molar-refractivity contribution in [3.05, 3.63) is 42.4 Å². The minimum atomic E-state index is -0.422. The van der Waals surface area contributed by atoms with E-state index in [0.717, 1.165) is 48.6 Å². The van der Waals surface area contributed by atoms with Gasteiger partial charge in [0.2, 0.25) is 5.91 Å². The largest absolute Gasteiger partial charge is 0.491 e. The lowest BCUT2D eigenvalue weighted by atomic mass is 9.96. The van der Waals surface area contributed by atoms with Crippen LogP contribution < -0.4 is 10.1 Å². The molecule has 2 saturated heterocycles. The molecule has 6 nitrogen and oxygen atoms in total. The van der Waals surface area contributed by atoms with Crippen molar-refractivity contribution in [2.24, 2.45) is 0 Å². The molecule has 2 aliphatic rings. The molecule has 28 heavy (non-hydrogen) atoms. The minimum absolute atomic E-state index is 0. The number of carbonyl (C=O) groups is 1. The van der Waals surface area contributed by atoms with Crippen LogP contribution in [0.3, 0.4) is 0 Å². The zero-order chi connectivity index (χ0) is 19.0. The number of ether oxygens (including phenoxy) is 1. The van der Waals surface area contributed by atoms with E-state index in [2.05, 4.69) is 10.3 Å². The van der Waals surface area contributed by atoms with Crippen molar-refractivity contribution in [3.63, 3.8) is 0 Å². The molecule has 1 amide bonds. The van der Waals surface area contributed by atoms with Gasteiger partial charge in [0.25, 0.3) is 0 Å². The fraction of sp³-hybridized carbons (Fsp3) is 0.476. The second-order valence-electron chi connectivity index (χ2n) is 7.79. The Balaban J connectivity index is 0.00000225. The molecule has 4 rings (SSSR count). The summed E-state index contributed by atoms with van der Waals surface area (Å²) in [6, 6.07) is 9.90. The van der Waals surface area contributed by atoms with Crippen molar-refractivity contribution < 1.29 is 9.53 Å². The Bertz CT molecular complexity index is 843. The van der Waals surface area contributed by atoms with Crippen LogP contribution in [0.4, 0.5) is 0 Å². The van der Waals surface area contributed by atoms with Crippen molar-refractivity contribution in [1.82, 2.24) is 20.2 Å². The summed E-state index contributed by atoms with van der Waals surface area (Å²) in [5.41, 5.74) is 1.49. The molecule has 0 bridgehead atoms. The first-order chi connectivity index (χ1) is 13.0. The van der Waals surface area contributed by atoms with Gasteiger partial charge in [-0.25, -0.2) is 9.97 Å². The average molecular weight is 403 g/mol. The number of nitrogens with zero attached hydrogens (tertiary/aromatic N) is 3. The summed E-state index contributed by atoms with van der Waals surface area (Å²) in [5, 5.41) is 3.54. The van der Waals surface area contributed by atoms with Crippen LogP contribution in [0.25, 0.3) is 11.3 Å². The zero-order valence-electron chi connectivity index (χ0n) is 16.5. The summed E-state index contributed by atoms with van der Waals surface area (Å²) < 4.78 is 5.70. The van der Waals surface area contributed by atoms with Gasteiger partial charge >= 0.3 is 0 Å². The van der Waals surface area contributed by atoms with E-state index in [1.807, 2.05) is 56.1 Å². The maximum atomic E-state index is 12.5. The lowest BCUT2D eigenvalue weighted by molar-refractivity contribution is -0.131. The Morgan fingerprint density at radius 1 is 1.21 bits per heavy atom. The highest BCUT2D eigenvalue weighted by molar-refractivity contribution is 5.88. The summed E-state index contributed by atoms with van der Waals surface area (Å²) in [5.74, 6) is 1.81. The first-order valence-electron chi connectivity index (χ1n) is 9.60. The number of hydrogen-bond acceptors (Lipinski definition) is 5. The number of hydrogen-bond donors (Lipinski definition) is 1. The van der Waals surface area contributed by atoms with E-state index in [4.69, 9.17) is 9.72 Å². The lowest BCUT2D eigenvalue weighted by Gasteiger charge is -2.23. The molecule has 0 aliphatic carbocycles. The maximum absolute atomic E-state index is 12.5. The van der Waals surface area contributed by atoms with Gasteiger partial charge in [0.05, 0.1) is 17.8 Å². The topological polar surface area (TPSA) is 67.3 Å². The lowest BCUT2D eigenvalue weighted by Crippen LogP contribution is -2.47. The standard InChI is InChI=1S/C21H26N4O2.ClH/c1-14(2)27-16-6-4-15(5-7-16)17-9-12-22-19(23-17)18-8-10-21(24-18)11-13-25(3)20(21)26;/h4-7,9,12,14,18,24H,8,10-11,13H2,1-3H3;1H/t18-,21-;/m1./s1. The SMILES string of the molecule is CC(C)Oc1ccc(-c2ccnc([C@H]3CC[C@]4(CCN(C)C4=O)N3)n2)cc1.Cl. The molecule has 0 unspecified atom stereocenters. The van der Waals surface area contributed by atoms with Gasteiger partial charge in [0, 0.05) is 25.4 Å². The Labute approximate surface area is 172 Å². The molecule has 0 saturated carbocycles. The Kier molecular flexibility index (Phi) is 5.91. The van der Waals surface area contributed by atoms with E-state index < -0.39 is 5.54 Å². The Hall–Kier alpha value is -2.18. The van der Waals surface area contributed by atoms with Crippen LogP contribution in [0.15, 0.2) is 36.5 Å². The number of amides is 1. The predicted molar refractivity (Wildman–Crippen MR) is 111 cm³/mol. The number of benzene rings is 1. The van der Waals surface area contributed by atoms with Crippen LogP contribution in [0, 0.1) is 0 Å². The zero-order valence-corrected chi connectivity index (χ0v) is 17.3. The third-order valence-electron chi connectivity index (χ3n) is 5.45. The molecule has 2 fully saturated rings. The van der Waals surface area contributed by atoms with E-state index in [0.29, 0.717) is 0 Å². The van der Waals surface area contributed by atoms with Crippen LogP contribution in [0.5, 0.6) is 5.75 Å². The van der Waals surface area contributed by atoms with Crippen molar-refractivity contribution in [1.29, 1.82) is 0 Å². The number of likely N-dealkylation sites (tertiary alicyclic amines) is 1. The van der Waals surface area contributed by atoms with Gasteiger partial charge in [-0.1, -0.05) is 0 Å². The van der Waals surface area contributed by atoms with E-state index in [1.54, 1.807) is 6.20 Å². The fourth-order valence-electron chi connectivity index (χ4n) is 4.04.